The Balaban J connectivity index is 3.27. The summed E-state index contributed by atoms with van der Waals surface area (Å²) >= 11 is 5.39. The lowest BCUT2D eigenvalue weighted by molar-refractivity contribution is -0.396. The van der Waals surface area contributed by atoms with Gasteiger partial charge in [-0.2, -0.15) is 0 Å². The molecule has 0 saturated carbocycles. The third-order valence-electron chi connectivity index (χ3n) is 1.86. The van der Waals surface area contributed by atoms with Gasteiger partial charge in [0.15, 0.2) is 0 Å². The Bertz CT molecular complexity index is 493. The van der Waals surface area contributed by atoms with Crippen LogP contribution < -0.4 is 0 Å². The van der Waals surface area contributed by atoms with Crippen molar-refractivity contribution in [2.45, 2.75) is 4.90 Å². The normalized spacial score (nSPS) is 12.1. The number of rotatable bonds is 5. The molecule has 0 amide bonds. The number of non-ortho nitro benzene ring substituents is 1. The molecule has 1 atom stereocenters. The molecule has 0 aliphatic carbocycles. The molecular weight excluding hydrogens is 272 g/mol. The van der Waals surface area contributed by atoms with E-state index in [1.807, 2.05) is 0 Å². The first-order valence-electron chi connectivity index (χ1n) is 4.34. The van der Waals surface area contributed by atoms with Gasteiger partial charge < -0.3 is 0 Å². The van der Waals surface area contributed by atoms with Crippen LogP contribution in [0.5, 0.6) is 0 Å². The van der Waals surface area contributed by atoms with E-state index in [4.69, 9.17) is 11.6 Å². The van der Waals surface area contributed by atoms with Gasteiger partial charge in [-0.1, -0.05) is 0 Å². The topological polar surface area (TPSA) is 103 Å². The zero-order valence-corrected chi connectivity index (χ0v) is 9.94. The predicted octanol–water partition coefficient (Wildman–Crippen LogP) is 1.85. The lowest BCUT2D eigenvalue weighted by atomic mass is 10.3. The van der Waals surface area contributed by atoms with Crippen LogP contribution in [0.25, 0.3) is 0 Å². The van der Waals surface area contributed by atoms with E-state index in [0.29, 0.717) is 0 Å². The molecule has 1 aromatic carbocycles. The van der Waals surface area contributed by atoms with Crippen LogP contribution in [-0.4, -0.2) is 25.7 Å². The Morgan fingerprint density at radius 3 is 2.35 bits per heavy atom. The molecule has 1 unspecified atom stereocenters. The number of benzene rings is 1. The summed E-state index contributed by atoms with van der Waals surface area (Å²) in [5.74, 6) is 0.140. The lowest BCUT2D eigenvalue weighted by Gasteiger charge is -2.01. The second-order valence-corrected chi connectivity index (χ2v) is 4.82. The van der Waals surface area contributed by atoms with Crippen molar-refractivity contribution in [1.29, 1.82) is 0 Å². The number of alkyl halides is 1. The summed E-state index contributed by atoms with van der Waals surface area (Å²) in [4.78, 5) is 19.6. The molecule has 0 fully saturated rings. The summed E-state index contributed by atoms with van der Waals surface area (Å²) in [5.41, 5.74) is -0.939. The van der Waals surface area contributed by atoms with Crippen LogP contribution in [0.2, 0.25) is 0 Å². The van der Waals surface area contributed by atoms with Crippen molar-refractivity contribution in [3.63, 3.8) is 0 Å². The third kappa shape index (κ3) is 3.21. The van der Waals surface area contributed by atoms with Crippen molar-refractivity contribution in [2.24, 2.45) is 0 Å². The number of nitrogens with zero attached hydrogens (tertiary/aromatic N) is 2. The molecule has 92 valence electrons. The number of hydrogen-bond acceptors (Lipinski definition) is 5. The molecule has 0 spiro atoms. The molecule has 1 aromatic rings. The van der Waals surface area contributed by atoms with Crippen LogP contribution >= 0.6 is 11.6 Å². The van der Waals surface area contributed by atoms with Crippen LogP contribution in [0.1, 0.15) is 0 Å². The average Bonchev–Trinajstić information content (AvgIpc) is 2.28. The average molecular weight is 279 g/mol. The maximum atomic E-state index is 11.6. The van der Waals surface area contributed by atoms with E-state index >= 15 is 0 Å². The highest BCUT2D eigenvalue weighted by Crippen LogP contribution is 2.27. The number of halogens is 1. The van der Waals surface area contributed by atoms with Gasteiger partial charge in [-0.15, -0.1) is 11.6 Å². The summed E-state index contributed by atoms with van der Waals surface area (Å²) in [6.07, 6.45) is 0. The molecule has 0 heterocycles. The second-order valence-electron chi connectivity index (χ2n) is 2.90. The minimum absolute atomic E-state index is 0.0544. The monoisotopic (exact) mass is 278 g/mol. The van der Waals surface area contributed by atoms with Crippen molar-refractivity contribution in [3.8, 4) is 0 Å². The Morgan fingerprint density at radius 2 is 1.88 bits per heavy atom. The summed E-state index contributed by atoms with van der Waals surface area (Å²) in [6, 6.07) is 2.99. The highest BCUT2D eigenvalue weighted by Gasteiger charge is 2.22. The SMILES string of the molecule is O=[N+]([O-])c1ccc(S(=O)CCCl)c([N+](=O)[O-])c1. The van der Waals surface area contributed by atoms with E-state index in [1.54, 1.807) is 0 Å². The number of nitro groups is 2. The molecular formula is C8H7ClN2O5S. The fourth-order valence-corrected chi connectivity index (χ4v) is 2.50. The quantitative estimate of drug-likeness (QED) is 0.464. The Hall–Kier alpha value is -1.54. The van der Waals surface area contributed by atoms with E-state index in [0.717, 1.165) is 18.2 Å². The fraction of sp³-hybridized carbons (Fsp3) is 0.250. The number of hydrogen-bond donors (Lipinski definition) is 0. The van der Waals surface area contributed by atoms with Gasteiger partial charge in [0.2, 0.25) is 0 Å². The first-order valence-corrected chi connectivity index (χ1v) is 6.20. The second kappa shape index (κ2) is 5.69. The van der Waals surface area contributed by atoms with Gasteiger partial charge in [-0.25, -0.2) is 0 Å². The molecule has 0 saturated heterocycles. The van der Waals surface area contributed by atoms with E-state index in [-0.39, 0.29) is 16.5 Å². The highest BCUT2D eigenvalue weighted by molar-refractivity contribution is 7.85. The van der Waals surface area contributed by atoms with E-state index < -0.39 is 32.0 Å². The van der Waals surface area contributed by atoms with Gasteiger partial charge in [0.1, 0.15) is 4.90 Å². The predicted molar refractivity (Wildman–Crippen MR) is 61.7 cm³/mol. The largest absolute Gasteiger partial charge is 0.292 e. The van der Waals surface area contributed by atoms with Gasteiger partial charge >= 0.3 is 0 Å². The summed E-state index contributed by atoms with van der Waals surface area (Å²) in [6.45, 7) is 0. The first kappa shape index (κ1) is 13.5. The summed E-state index contributed by atoms with van der Waals surface area (Å²) in [5, 5.41) is 21.2. The van der Waals surface area contributed by atoms with Gasteiger partial charge in [0.25, 0.3) is 11.4 Å². The minimum Gasteiger partial charge on any atom is -0.258 e. The molecule has 0 aromatic heterocycles. The molecule has 9 heteroatoms. The van der Waals surface area contributed by atoms with Crippen LogP contribution in [-0.2, 0) is 10.8 Å². The van der Waals surface area contributed by atoms with Crippen LogP contribution in [0, 0.1) is 20.2 Å². The summed E-state index contributed by atoms with van der Waals surface area (Å²) in [7, 11) is -1.63. The molecule has 0 aliphatic heterocycles. The van der Waals surface area contributed by atoms with Crippen molar-refractivity contribution >= 4 is 33.8 Å². The molecule has 0 bridgehead atoms. The van der Waals surface area contributed by atoms with Crippen molar-refractivity contribution in [2.75, 3.05) is 11.6 Å². The van der Waals surface area contributed by atoms with E-state index in [2.05, 4.69) is 0 Å². The van der Waals surface area contributed by atoms with Crippen LogP contribution in [0.4, 0.5) is 11.4 Å². The van der Waals surface area contributed by atoms with Crippen LogP contribution in [0.15, 0.2) is 23.1 Å². The molecule has 1 rings (SSSR count). The van der Waals surface area contributed by atoms with Gasteiger partial charge in [-0.3, -0.25) is 24.4 Å². The third-order valence-corrected chi connectivity index (χ3v) is 3.68. The van der Waals surface area contributed by atoms with Crippen molar-refractivity contribution in [1.82, 2.24) is 0 Å². The van der Waals surface area contributed by atoms with Gasteiger partial charge in [0.05, 0.1) is 26.7 Å². The maximum absolute atomic E-state index is 11.6. The van der Waals surface area contributed by atoms with E-state index in [9.17, 15) is 24.4 Å². The van der Waals surface area contributed by atoms with Gasteiger partial charge in [0, 0.05) is 17.7 Å². The Labute approximate surface area is 103 Å². The highest BCUT2D eigenvalue weighted by atomic mass is 35.5. The van der Waals surface area contributed by atoms with Gasteiger partial charge in [-0.05, 0) is 6.07 Å². The smallest absolute Gasteiger partial charge is 0.258 e. The molecule has 0 N–H and O–H groups in total. The standard InChI is InChI=1S/C8H7ClN2O5S/c9-3-4-17(16)8-2-1-6(10(12)13)5-7(8)11(14)15/h1-2,5H,3-4H2. The van der Waals surface area contributed by atoms with E-state index in [1.165, 1.54) is 0 Å². The Kier molecular flexibility index (Phi) is 4.53. The zero-order valence-electron chi connectivity index (χ0n) is 8.37. The fourth-order valence-electron chi connectivity index (χ4n) is 1.13. The Morgan fingerprint density at radius 1 is 1.24 bits per heavy atom. The first-order chi connectivity index (χ1) is 7.97. The summed E-state index contributed by atoms with van der Waals surface area (Å²) < 4.78 is 11.6. The molecule has 0 radical (unpaired) electrons. The minimum atomic E-state index is -1.63. The molecule has 17 heavy (non-hydrogen) atoms. The van der Waals surface area contributed by atoms with Crippen molar-refractivity contribution in [3.05, 3.63) is 38.4 Å². The number of nitro benzene ring substituents is 2. The van der Waals surface area contributed by atoms with Crippen LogP contribution in [0.3, 0.4) is 0 Å². The van der Waals surface area contributed by atoms with Crippen molar-refractivity contribution < 1.29 is 14.1 Å². The molecule has 0 aliphatic rings. The maximum Gasteiger partial charge on any atom is 0.292 e. The molecule has 7 nitrogen and oxygen atoms in total. The lowest BCUT2D eigenvalue weighted by Crippen LogP contribution is -2.04. The zero-order chi connectivity index (χ0) is 13.0.